The van der Waals surface area contributed by atoms with Gasteiger partial charge in [0.1, 0.15) is 4.75 Å². The summed E-state index contributed by atoms with van der Waals surface area (Å²) in [5, 5.41) is 2.44. The second-order valence-corrected chi connectivity index (χ2v) is 5.88. The van der Waals surface area contributed by atoms with Gasteiger partial charge in [-0.05, 0) is 12.8 Å². The lowest BCUT2D eigenvalue weighted by Crippen LogP contribution is -2.49. The number of hydrogen-bond acceptors (Lipinski definition) is 3. The minimum absolute atomic E-state index is 0.354. The summed E-state index contributed by atoms with van der Waals surface area (Å²) in [5.41, 5.74) is 0. The van der Waals surface area contributed by atoms with Gasteiger partial charge in [-0.3, -0.25) is 4.79 Å². The molecule has 0 aliphatic heterocycles. The molecule has 0 aromatic heterocycles. The Hall–Kier alpha value is -0.580. The number of nitrogens with one attached hydrogen (secondary N) is 1. The van der Waals surface area contributed by atoms with Crippen LogP contribution in [0.3, 0.4) is 0 Å². The van der Waals surface area contributed by atoms with E-state index in [-0.39, 0.29) is 5.91 Å². The molecular weight excluding hydrogens is 190 g/mol. The normalized spacial score (nSPS) is 21.4. The molecule has 13 heavy (non-hydrogen) atoms. The lowest BCUT2D eigenvalue weighted by atomic mass is 10.1. The molecule has 0 atom stereocenters. The van der Waals surface area contributed by atoms with Gasteiger partial charge in [0, 0.05) is 13.3 Å². The molecule has 0 aromatic rings. The second kappa shape index (κ2) is 3.29. The third-order valence-corrected chi connectivity index (χ3v) is 4.78. The average Bonchev–Trinajstić information content (AvgIpc) is 2.50. The van der Waals surface area contributed by atoms with Crippen LogP contribution in [0.1, 0.15) is 25.7 Å². The SMILES string of the molecule is CNC(=O)C1(S(C)(=O)=O)CCCC1. The van der Waals surface area contributed by atoms with E-state index >= 15 is 0 Å². The van der Waals surface area contributed by atoms with Gasteiger partial charge < -0.3 is 5.32 Å². The third kappa shape index (κ3) is 1.57. The molecule has 0 aromatic carbocycles. The predicted octanol–water partition coefficient (Wildman–Crippen LogP) is 0.0898. The molecule has 76 valence electrons. The Morgan fingerprint density at radius 2 is 1.77 bits per heavy atom. The topological polar surface area (TPSA) is 63.2 Å². The van der Waals surface area contributed by atoms with E-state index in [1.807, 2.05) is 0 Å². The van der Waals surface area contributed by atoms with E-state index in [9.17, 15) is 13.2 Å². The van der Waals surface area contributed by atoms with Crippen LogP contribution in [0.15, 0.2) is 0 Å². The summed E-state index contributed by atoms with van der Waals surface area (Å²) in [7, 11) is -1.81. The fraction of sp³-hybridized carbons (Fsp3) is 0.875. The van der Waals surface area contributed by atoms with E-state index in [1.54, 1.807) is 0 Å². The first-order valence-electron chi connectivity index (χ1n) is 4.36. The van der Waals surface area contributed by atoms with Crippen LogP contribution in [0.25, 0.3) is 0 Å². The number of sulfone groups is 1. The van der Waals surface area contributed by atoms with Crippen molar-refractivity contribution in [2.24, 2.45) is 0 Å². The van der Waals surface area contributed by atoms with Crippen molar-refractivity contribution in [2.45, 2.75) is 30.4 Å². The van der Waals surface area contributed by atoms with Crippen molar-refractivity contribution in [1.82, 2.24) is 5.32 Å². The molecule has 1 amide bonds. The first kappa shape index (κ1) is 10.5. The van der Waals surface area contributed by atoms with Gasteiger partial charge in [0.15, 0.2) is 9.84 Å². The molecule has 0 bridgehead atoms. The lowest BCUT2D eigenvalue weighted by Gasteiger charge is -2.24. The quantitative estimate of drug-likeness (QED) is 0.695. The van der Waals surface area contributed by atoms with Gasteiger partial charge in [-0.25, -0.2) is 8.42 Å². The molecule has 1 fully saturated rings. The highest BCUT2D eigenvalue weighted by molar-refractivity contribution is 7.92. The lowest BCUT2D eigenvalue weighted by molar-refractivity contribution is -0.123. The van der Waals surface area contributed by atoms with Crippen molar-refractivity contribution >= 4 is 15.7 Å². The Labute approximate surface area is 78.6 Å². The van der Waals surface area contributed by atoms with E-state index in [0.29, 0.717) is 12.8 Å². The molecule has 0 radical (unpaired) electrons. The summed E-state index contributed by atoms with van der Waals surface area (Å²) in [6.45, 7) is 0. The summed E-state index contributed by atoms with van der Waals surface area (Å²) in [6.07, 6.45) is 3.71. The van der Waals surface area contributed by atoms with Crippen molar-refractivity contribution in [3.63, 3.8) is 0 Å². The fourth-order valence-electron chi connectivity index (χ4n) is 1.94. The number of amides is 1. The molecule has 0 saturated heterocycles. The molecule has 5 heteroatoms. The molecular formula is C8H15NO3S. The van der Waals surface area contributed by atoms with Gasteiger partial charge in [0.2, 0.25) is 5.91 Å². The maximum atomic E-state index is 11.5. The van der Waals surface area contributed by atoms with E-state index in [1.165, 1.54) is 7.05 Å². The molecule has 1 saturated carbocycles. The Balaban J connectivity index is 3.09. The van der Waals surface area contributed by atoms with Crippen LogP contribution < -0.4 is 5.32 Å². The smallest absolute Gasteiger partial charge is 0.241 e. The first-order chi connectivity index (χ1) is 5.94. The predicted molar refractivity (Wildman–Crippen MR) is 50.1 cm³/mol. The van der Waals surface area contributed by atoms with Crippen LogP contribution in [0, 0.1) is 0 Å². The highest BCUT2D eigenvalue weighted by Crippen LogP contribution is 2.36. The van der Waals surface area contributed by atoms with E-state index in [4.69, 9.17) is 0 Å². The molecule has 4 nitrogen and oxygen atoms in total. The van der Waals surface area contributed by atoms with E-state index in [0.717, 1.165) is 19.1 Å². The van der Waals surface area contributed by atoms with Crippen molar-refractivity contribution in [1.29, 1.82) is 0 Å². The van der Waals surface area contributed by atoms with Crippen LogP contribution in [0.4, 0.5) is 0 Å². The van der Waals surface area contributed by atoms with E-state index < -0.39 is 14.6 Å². The molecule has 1 N–H and O–H groups in total. The Morgan fingerprint density at radius 3 is 2.08 bits per heavy atom. The van der Waals surface area contributed by atoms with Crippen molar-refractivity contribution in [2.75, 3.05) is 13.3 Å². The number of rotatable bonds is 2. The third-order valence-electron chi connectivity index (χ3n) is 2.76. The summed E-state index contributed by atoms with van der Waals surface area (Å²) < 4.78 is 21.9. The summed E-state index contributed by atoms with van der Waals surface area (Å²) in [5.74, 6) is -0.354. The largest absolute Gasteiger partial charge is 0.358 e. The molecule has 1 aliphatic carbocycles. The van der Waals surface area contributed by atoms with Crippen molar-refractivity contribution in [3.05, 3.63) is 0 Å². The van der Waals surface area contributed by atoms with Gasteiger partial charge in [-0.2, -0.15) is 0 Å². The first-order valence-corrected chi connectivity index (χ1v) is 6.25. The van der Waals surface area contributed by atoms with Crippen molar-refractivity contribution in [3.8, 4) is 0 Å². The highest BCUT2D eigenvalue weighted by atomic mass is 32.2. The van der Waals surface area contributed by atoms with Gasteiger partial charge >= 0.3 is 0 Å². The van der Waals surface area contributed by atoms with Gasteiger partial charge in [-0.15, -0.1) is 0 Å². The zero-order valence-electron chi connectivity index (χ0n) is 7.96. The Morgan fingerprint density at radius 1 is 1.31 bits per heavy atom. The maximum Gasteiger partial charge on any atom is 0.241 e. The Kier molecular flexibility index (Phi) is 2.66. The summed E-state index contributed by atoms with van der Waals surface area (Å²) in [4.78, 5) is 11.5. The molecule has 0 unspecified atom stereocenters. The average molecular weight is 205 g/mol. The van der Waals surface area contributed by atoms with Crippen LogP contribution in [0.5, 0.6) is 0 Å². The molecule has 0 heterocycles. The van der Waals surface area contributed by atoms with Crippen LogP contribution in [0.2, 0.25) is 0 Å². The molecule has 1 rings (SSSR count). The fourth-order valence-corrected chi connectivity index (χ4v) is 3.41. The van der Waals surface area contributed by atoms with Crippen LogP contribution >= 0.6 is 0 Å². The van der Waals surface area contributed by atoms with E-state index in [2.05, 4.69) is 5.32 Å². The maximum absolute atomic E-state index is 11.5. The zero-order chi connectivity index (χ0) is 10.1. The van der Waals surface area contributed by atoms with Crippen LogP contribution in [-0.2, 0) is 14.6 Å². The minimum atomic E-state index is -3.29. The standard InChI is InChI=1S/C8H15NO3S/c1-9-7(10)8(13(2,11)12)5-3-4-6-8/h3-6H2,1-2H3,(H,9,10). The second-order valence-electron chi connectivity index (χ2n) is 3.55. The summed E-state index contributed by atoms with van der Waals surface area (Å²) in [6, 6.07) is 0. The highest BCUT2D eigenvalue weighted by Gasteiger charge is 2.49. The molecule has 1 aliphatic rings. The van der Waals surface area contributed by atoms with Gasteiger partial charge in [0.25, 0.3) is 0 Å². The van der Waals surface area contributed by atoms with Crippen LogP contribution in [-0.4, -0.2) is 32.4 Å². The number of carbonyl (C=O) groups excluding carboxylic acids is 1. The van der Waals surface area contributed by atoms with Gasteiger partial charge in [0.05, 0.1) is 0 Å². The number of carbonyl (C=O) groups is 1. The zero-order valence-corrected chi connectivity index (χ0v) is 8.78. The van der Waals surface area contributed by atoms with Crippen molar-refractivity contribution < 1.29 is 13.2 Å². The molecule has 0 spiro atoms. The van der Waals surface area contributed by atoms with Gasteiger partial charge in [-0.1, -0.05) is 12.8 Å². The summed E-state index contributed by atoms with van der Waals surface area (Å²) >= 11 is 0. The number of hydrogen-bond donors (Lipinski definition) is 1. The minimum Gasteiger partial charge on any atom is -0.358 e. The monoisotopic (exact) mass is 205 g/mol. The Bertz CT molecular complexity index is 301.